The number of urea groups is 1. The zero-order valence-corrected chi connectivity index (χ0v) is 18.2. The lowest BCUT2D eigenvalue weighted by molar-refractivity contribution is 0.249. The van der Waals surface area contributed by atoms with Crippen LogP contribution in [0.25, 0.3) is 0 Å². The molecular weight excluding hydrogens is 407 g/mol. The molecule has 1 aromatic heterocycles. The van der Waals surface area contributed by atoms with E-state index in [1.165, 1.54) is 17.7 Å². The lowest BCUT2D eigenvalue weighted by Gasteiger charge is -2.19. The molecule has 1 aliphatic rings. The van der Waals surface area contributed by atoms with Crippen LogP contribution in [0, 0.1) is 5.82 Å². The van der Waals surface area contributed by atoms with Gasteiger partial charge in [-0.3, -0.25) is 0 Å². The van der Waals surface area contributed by atoms with Gasteiger partial charge in [0.1, 0.15) is 11.6 Å². The van der Waals surface area contributed by atoms with Crippen molar-refractivity contribution < 1.29 is 9.18 Å². The second-order valence-electron chi connectivity index (χ2n) is 8.18. The van der Waals surface area contributed by atoms with Crippen LogP contribution in [0.3, 0.4) is 0 Å². The number of amides is 2. The Hall–Kier alpha value is -3.68. The summed E-state index contributed by atoms with van der Waals surface area (Å²) < 4.78 is 13.1. The molecule has 0 bridgehead atoms. The number of nitrogens with one attached hydrogen (secondary N) is 3. The molecule has 2 heterocycles. The molecule has 1 aliphatic heterocycles. The van der Waals surface area contributed by atoms with Crippen LogP contribution in [0.15, 0.2) is 60.8 Å². The number of carbonyl (C=O) groups is 1. The third-order valence-corrected chi connectivity index (χ3v) is 5.40. The van der Waals surface area contributed by atoms with E-state index < -0.39 is 0 Å². The summed E-state index contributed by atoms with van der Waals surface area (Å²) >= 11 is 0. The maximum Gasteiger partial charge on any atom is 0.319 e. The number of nitrogens with zero attached hydrogens (tertiary/aromatic N) is 3. The van der Waals surface area contributed by atoms with Gasteiger partial charge in [-0.05, 0) is 60.4 Å². The Bertz CT molecular complexity index is 1070. The molecule has 2 aromatic carbocycles. The fourth-order valence-corrected chi connectivity index (χ4v) is 3.66. The first-order chi connectivity index (χ1) is 15.5. The van der Waals surface area contributed by atoms with Crippen molar-refractivity contribution in [3.05, 3.63) is 72.2 Å². The average Bonchev–Trinajstić information content (AvgIpc) is 3.24. The highest BCUT2D eigenvalue weighted by Gasteiger charge is 2.25. The summed E-state index contributed by atoms with van der Waals surface area (Å²) in [5.41, 5.74) is 2.68. The van der Waals surface area contributed by atoms with Gasteiger partial charge < -0.3 is 20.9 Å². The molecule has 166 valence electrons. The van der Waals surface area contributed by atoms with Crippen molar-refractivity contribution in [3.8, 4) is 0 Å². The van der Waals surface area contributed by atoms with E-state index in [2.05, 4.69) is 50.7 Å². The molecule has 3 aromatic rings. The van der Waals surface area contributed by atoms with Crippen LogP contribution in [-0.2, 0) is 0 Å². The van der Waals surface area contributed by atoms with Crippen LogP contribution in [0.5, 0.6) is 0 Å². The molecular formula is C24H27FN6O. The van der Waals surface area contributed by atoms with E-state index in [0.29, 0.717) is 24.1 Å². The molecule has 1 fully saturated rings. The maximum atomic E-state index is 13.1. The number of anilines is 4. The molecule has 3 N–H and O–H groups in total. The fraction of sp³-hybridized carbons (Fsp3) is 0.292. The van der Waals surface area contributed by atoms with Gasteiger partial charge in [-0.1, -0.05) is 26.0 Å². The standard InChI is InChI=1S/C24H27FN6O/c1-16(2)17-4-3-5-20(14-17)28-24(32)29-21-11-13-31(15-21)22-10-12-26-23(30-22)27-19-8-6-18(25)7-9-19/h3-10,12,14,16,21H,11,13,15H2,1-2H3,(H,26,27,30)(H2,28,29,32). The normalized spacial score (nSPS) is 15.6. The van der Waals surface area contributed by atoms with Gasteiger partial charge in [-0.25, -0.2) is 14.2 Å². The van der Waals surface area contributed by atoms with Crippen LogP contribution in [0.1, 0.15) is 31.7 Å². The minimum absolute atomic E-state index is 0.0201. The van der Waals surface area contributed by atoms with E-state index in [1.807, 2.05) is 24.3 Å². The van der Waals surface area contributed by atoms with Crippen LogP contribution < -0.4 is 20.9 Å². The van der Waals surface area contributed by atoms with Gasteiger partial charge in [-0.15, -0.1) is 0 Å². The first kappa shape index (κ1) is 21.5. The minimum Gasteiger partial charge on any atom is -0.354 e. The van der Waals surface area contributed by atoms with Crippen molar-refractivity contribution in [1.29, 1.82) is 0 Å². The summed E-state index contributed by atoms with van der Waals surface area (Å²) in [4.78, 5) is 23.4. The van der Waals surface area contributed by atoms with Gasteiger partial charge in [-0.2, -0.15) is 4.98 Å². The molecule has 1 atom stereocenters. The lowest BCUT2D eigenvalue weighted by Crippen LogP contribution is -2.39. The third kappa shape index (κ3) is 5.51. The largest absolute Gasteiger partial charge is 0.354 e. The van der Waals surface area contributed by atoms with Crippen molar-refractivity contribution in [2.45, 2.75) is 32.2 Å². The number of carbonyl (C=O) groups excluding carboxylic acids is 1. The van der Waals surface area contributed by atoms with E-state index in [9.17, 15) is 9.18 Å². The Balaban J connectivity index is 1.33. The average molecular weight is 435 g/mol. The molecule has 7 nitrogen and oxygen atoms in total. The molecule has 0 radical (unpaired) electrons. The molecule has 32 heavy (non-hydrogen) atoms. The van der Waals surface area contributed by atoms with E-state index in [0.717, 1.165) is 24.5 Å². The van der Waals surface area contributed by atoms with Gasteiger partial charge in [0.15, 0.2) is 0 Å². The second-order valence-corrected chi connectivity index (χ2v) is 8.18. The zero-order valence-electron chi connectivity index (χ0n) is 18.2. The third-order valence-electron chi connectivity index (χ3n) is 5.40. The van der Waals surface area contributed by atoms with Crippen molar-refractivity contribution in [2.75, 3.05) is 28.6 Å². The first-order valence-corrected chi connectivity index (χ1v) is 10.7. The summed E-state index contributed by atoms with van der Waals surface area (Å²) in [6.45, 7) is 5.69. The highest BCUT2D eigenvalue weighted by Crippen LogP contribution is 2.21. The quantitative estimate of drug-likeness (QED) is 0.515. The molecule has 8 heteroatoms. The number of aromatic nitrogens is 2. The molecule has 0 saturated carbocycles. The smallest absolute Gasteiger partial charge is 0.319 e. The highest BCUT2D eigenvalue weighted by atomic mass is 19.1. The number of benzene rings is 2. The number of hydrogen-bond donors (Lipinski definition) is 3. The highest BCUT2D eigenvalue weighted by molar-refractivity contribution is 5.89. The molecule has 4 rings (SSSR count). The summed E-state index contributed by atoms with van der Waals surface area (Å²) in [6.07, 6.45) is 2.51. The van der Waals surface area contributed by atoms with Crippen LogP contribution in [0.2, 0.25) is 0 Å². The Labute approximate surface area is 187 Å². The predicted octanol–water partition coefficient (Wildman–Crippen LogP) is 4.88. The summed E-state index contributed by atoms with van der Waals surface area (Å²) in [6, 6.07) is 15.6. The van der Waals surface area contributed by atoms with E-state index in [4.69, 9.17) is 0 Å². The molecule has 0 spiro atoms. The van der Waals surface area contributed by atoms with Crippen LogP contribution in [-0.4, -0.2) is 35.1 Å². The SMILES string of the molecule is CC(C)c1cccc(NC(=O)NC2CCN(c3ccnc(Nc4ccc(F)cc4)n3)C2)c1. The second kappa shape index (κ2) is 9.64. The van der Waals surface area contributed by atoms with Gasteiger partial charge in [0, 0.05) is 36.7 Å². The predicted molar refractivity (Wildman–Crippen MR) is 125 cm³/mol. The van der Waals surface area contributed by atoms with Crippen molar-refractivity contribution >= 4 is 29.2 Å². The lowest BCUT2D eigenvalue weighted by atomic mass is 10.0. The Morgan fingerprint density at radius 3 is 2.72 bits per heavy atom. The maximum absolute atomic E-state index is 13.1. The summed E-state index contributed by atoms with van der Waals surface area (Å²) in [5, 5.41) is 9.06. The summed E-state index contributed by atoms with van der Waals surface area (Å²) in [7, 11) is 0. The monoisotopic (exact) mass is 434 g/mol. The van der Waals surface area contributed by atoms with Gasteiger partial charge in [0.05, 0.1) is 0 Å². The Kier molecular flexibility index (Phi) is 6.49. The van der Waals surface area contributed by atoms with E-state index in [-0.39, 0.29) is 17.9 Å². The molecule has 1 unspecified atom stereocenters. The van der Waals surface area contributed by atoms with E-state index >= 15 is 0 Å². The summed E-state index contributed by atoms with van der Waals surface area (Å²) in [5.74, 6) is 1.32. The van der Waals surface area contributed by atoms with Crippen molar-refractivity contribution in [3.63, 3.8) is 0 Å². The van der Waals surface area contributed by atoms with Gasteiger partial charge in [0.2, 0.25) is 5.95 Å². The number of halogens is 1. The van der Waals surface area contributed by atoms with Crippen molar-refractivity contribution in [1.82, 2.24) is 15.3 Å². The van der Waals surface area contributed by atoms with Crippen LogP contribution in [0.4, 0.5) is 32.3 Å². The number of rotatable bonds is 6. The first-order valence-electron chi connectivity index (χ1n) is 10.7. The van der Waals surface area contributed by atoms with Gasteiger partial charge in [0.25, 0.3) is 0 Å². The zero-order chi connectivity index (χ0) is 22.5. The molecule has 1 saturated heterocycles. The Morgan fingerprint density at radius 2 is 1.94 bits per heavy atom. The van der Waals surface area contributed by atoms with Crippen LogP contribution >= 0.6 is 0 Å². The molecule has 0 aliphatic carbocycles. The van der Waals surface area contributed by atoms with E-state index in [1.54, 1.807) is 18.3 Å². The molecule has 2 amide bonds. The minimum atomic E-state index is -0.294. The topological polar surface area (TPSA) is 82.2 Å². The fourth-order valence-electron chi connectivity index (χ4n) is 3.66. The Morgan fingerprint density at radius 1 is 1.12 bits per heavy atom. The van der Waals surface area contributed by atoms with Gasteiger partial charge >= 0.3 is 6.03 Å². The number of hydrogen-bond acceptors (Lipinski definition) is 5. The van der Waals surface area contributed by atoms with Crippen molar-refractivity contribution in [2.24, 2.45) is 0 Å².